The number of nitrogens with zero attached hydrogens (tertiary/aromatic N) is 4. The number of rotatable bonds is 11. The number of sulfonamides is 1. The predicted octanol–water partition coefficient (Wildman–Crippen LogP) is 2.92. The predicted molar refractivity (Wildman–Crippen MR) is 146 cm³/mol. The van der Waals surface area contributed by atoms with Gasteiger partial charge in [0.1, 0.15) is 11.6 Å². The number of carbonyl (C=O) groups is 1. The third-order valence-corrected chi connectivity index (χ3v) is 7.22. The number of benzene rings is 1. The van der Waals surface area contributed by atoms with Gasteiger partial charge in [0.2, 0.25) is 10.0 Å². The van der Waals surface area contributed by atoms with Gasteiger partial charge in [-0.25, -0.2) is 18.1 Å². The normalized spacial score (nSPS) is 14.0. The second kappa shape index (κ2) is 11.4. The SMILES string of the molecule is CS(=O)(=O)NCc1cncc(C(CC(=O)O)n2ncc3cc(OCCc4ccc5c(n4)NCCC5)ccc32)c1. The van der Waals surface area contributed by atoms with E-state index in [9.17, 15) is 18.3 Å². The van der Waals surface area contributed by atoms with Crippen LogP contribution in [0.5, 0.6) is 5.75 Å². The number of carboxylic acid groups (broad SMARTS) is 1. The van der Waals surface area contributed by atoms with E-state index in [-0.39, 0.29) is 13.0 Å². The van der Waals surface area contributed by atoms with Gasteiger partial charge < -0.3 is 15.2 Å². The summed E-state index contributed by atoms with van der Waals surface area (Å²) in [5, 5.41) is 18.3. The molecule has 1 aliphatic rings. The summed E-state index contributed by atoms with van der Waals surface area (Å²) in [5.41, 5.74) is 4.20. The Morgan fingerprint density at radius 1 is 1.21 bits per heavy atom. The molecule has 0 saturated carbocycles. The molecule has 1 atom stereocenters. The third kappa shape index (κ3) is 6.70. The third-order valence-electron chi connectivity index (χ3n) is 6.55. The molecular formula is C27H30N6O5S. The Morgan fingerprint density at radius 2 is 2.08 bits per heavy atom. The van der Waals surface area contributed by atoms with Crippen molar-refractivity contribution in [2.45, 2.75) is 38.3 Å². The zero-order chi connectivity index (χ0) is 27.4. The molecule has 0 fully saturated rings. The minimum absolute atomic E-state index is 0.0531. The first-order chi connectivity index (χ1) is 18.7. The Kier molecular flexibility index (Phi) is 7.75. The quantitative estimate of drug-likeness (QED) is 0.256. The summed E-state index contributed by atoms with van der Waals surface area (Å²) < 4.78 is 33.0. The number of carboxylic acids is 1. The first-order valence-electron chi connectivity index (χ1n) is 12.7. The fourth-order valence-corrected chi connectivity index (χ4v) is 5.09. The highest BCUT2D eigenvalue weighted by molar-refractivity contribution is 7.88. The zero-order valence-electron chi connectivity index (χ0n) is 21.5. The van der Waals surface area contributed by atoms with Crippen LogP contribution in [0, 0.1) is 0 Å². The van der Waals surface area contributed by atoms with Gasteiger partial charge in [0.15, 0.2) is 0 Å². The van der Waals surface area contributed by atoms with E-state index in [1.54, 1.807) is 29.3 Å². The smallest absolute Gasteiger partial charge is 0.305 e. The largest absolute Gasteiger partial charge is 0.493 e. The van der Waals surface area contributed by atoms with Crippen LogP contribution >= 0.6 is 0 Å². The number of nitrogens with one attached hydrogen (secondary N) is 2. The van der Waals surface area contributed by atoms with Gasteiger partial charge in [-0.3, -0.25) is 14.5 Å². The number of ether oxygens (including phenoxy) is 1. The standard InChI is InChI=1S/C27H30N6O5S/c1-39(36,37)31-15-18-11-20(16-28-14-18)25(13-26(34)35)33-24-7-6-23(12-21(24)17-30-33)38-10-8-22-5-4-19-3-2-9-29-27(19)32-22/h4-7,11-12,14,16-17,25,31H,2-3,8-10,13,15H2,1H3,(H,29,32)(H,34,35). The summed E-state index contributed by atoms with van der Waals surface area (Å²) in [4.78, 5) is 20.7. The summed E-state index contributed by atoms with van der Waals surface area (Å²) in [6.45, 7) is 1.47. The van der Waals surface area contributed by atoms with E-state index in [0.717, 1.165) is 48.1 Å². The summed E-state index contributed by atoms with van der Waals surface area (Å²) in [6.07, 6.45) is 8.50. The van der Waals surface area contributed by atoms with E-state index in [4.69, 9.17) is 9.72 Å². The van der Waals surface area contributed by atoms with E-state index in [2.05, 4.69) is 26.2 Å². The molecule has 0 aliphatic carbocycles. The number of aryl methyl sites for hydroxylation is 1. The molecule has 11 nitrogen and oxygen atoms in total. The van der Waals surface area contributed by atoms with Crippen molar-refractivity contribution in [2.24, 2.45) is 0 Å². The molecule has 0 spiro atoms. The van der Waals surface area contributed by atoms with E-state index in [1.165, 1.54) is 5.56 Å². The lowest BCUT2D eigenvalue weighted by atomic mass is 10.0. The minimum Gasteiger partial charge on any atom is -0.493 e. The number of aromatic nitrogens is 4. The molecule has 4 aromatic rings. The van der Waals surface area contributed by atoms with Crippen LogP contribution in [0.2, 0.25) is 0 Å². The number of anilines is 1. The van der Waals surface area contributed by atoms with Gasteiger partial charge in [-0.15, -0.1) is 0 Å². The summed E-state index contributed by atoms with van der Waals surface area (Å²) in [6, 6.07) is 10.9. The molecule has 3 aromatic heterocycles. The molecule has 0 saturated heterocycles. The molecule has 1 aromatic carbocycles. The molecule has 0 amide bonds. The lowest BCUT2D eigenvalue weighted by Gasteiger charge is -2.18. The maximum Gasteiger partial charge on any atom is 0.305 e. The first kappa shape index (κ1) is 26.6. The lowest BCUT2D eigenvalue weighted by molar-refractivity contribution is -0.137. The van der Waals surface area contributed by atoms with Crippen LogP contribution in [0.3, 0.4) is 0 Å². The Hall–Kier alpha value is -4.03. The maximum absolute atomic E-state index is 11.7. The van der Waals surface area contributed by atoms with Crippen molar-refractivity contribution in [2.75, 3.05) is 24.7 Å². The Bertz CT molecular complexity index is 1600. The van der Waals surface area contributed by atoms with Crippen LogP contribution in [0.4, 0.5) is 5.82 Å². The molecule has 0 bridgehead atoms. The van der Waals surface area contributed by atoms with E-state index in [1.807, 2.05) is 24.3 Å². The van der Waals surface area contributed by atoms with Crippen molar-refractivity contribution in [1.29, 1.82) is 0 Å². The van der Waals surface area contributed by atoms with Gasteiger partial charge >= 0.3 is 5.97 Å². The van der Waals surface area contributed by atoms with Crippen molar-refractivity contribution in [3.63, 3.8) is 0 Å². The van der Waals surface area contributed by atoms with Crippen molar-refractivity contribution in [3.05, 3.63) is 77.4 Å². The van der Waals surface area contributed by atoms with Gasteiger partial charge in [-0.1, -0.05) is 6.07 Å². The molecule has 5 rings (SSSR count). The second-order valence-electron chi connectivity index (χ2n) is 9.58. The monoisotopic (exact) mass is 550 g/mol. The maximum atomic E-state index is 11.7. The molecule has 1 aliphatic heterocycles. The van der Waals surface area contributed by atoms with Crippen LogP contribution < -0.4 is 14.8 Å². The molecule has 4 heterocycles. The molecule has 39 heavy (non-hydrogen) atoms. The van der Waals surface area contributed by atoms with Crippen LogP contribution in [0.1, 0.15) is 41.3 Å². The summed E-state index contributed by atoms with van der Waals surface area (Å²) >= 11 is 0. The average Bonchev–Trinajstić information content (AvgIpc) is 3.33. The number of hydrogen-bond acceptors (Lipinski definition) is 8. The molecule has 12 heteroatoms. The number of aliphatic carboxylic acids is 1. The van der Waals surface area contributed by atoms with E-state index >= 15 is 0 Å². The van der Waals surface area contributed by atoms with Crippen LogP contribution in [-0.2, 0) is 34.2 Å². The minimum atomic E-state index is -3.38. The van der Waals surface area contributed by atoms with E-state index in [0.29, 0.717) is 29.9 Å². The highest BCUT2D eigenvalue weighted by Crippen LogP contribution is 2.29. The molecule has 204 valence electrons. The summed E-state index contributed by atoms with van der Waals surface area (Å²) in [5.74, 6) is 0.661. The number of hydrogen-bond donors (Lipinski definition) is 3. The van der Waals surface area contributed by atoms with Crippen molar-refractivity contribution in [1.82, 2.24) is 24.5 Å². The highest BCUT2D eigenvalue weighted by atomic mass is 32.2. The van der Waals surface area contributed by atoms with Gasteiger partial charge in [-0.05, 0) is 59.9 Å². The Balaban J connectivity index is 1.31. The van der Waals surface area contributed by atoms with Gasteiger partial charge in [-0.2, -0.15) is 5.10 Å². The Morgan fingerprint density at radius 3 is 2.90 bits per heavy atom. The fourth-order valence-electron chi connectivity index (χ4n) is 4.66. The number of pyridine rings is 2. The van der Waals surface area contributed by atoms with Crippen LogP contribution in [0.25, 0.3) is 10.9 Å². The lowest BCUT2D eigenvalue weighted by Crippen LogP contribution is -2.22. The van der Waals surface area contributed by atoms with Crippen molar-refractivity contribution < 1.29 is 23.1 Å². The van der Waals surface area contributed by atoms with Gasteiger partial charge in [0.25, 0.3) is 0 Å². The zero-order valence-corrected chi connectivity index (χ0v) is 22.3. The second-order valence-corrected chi connectivity index (χ2v) is 11.4. The first-order valence-corrected chi connectivity index (χ1v) is 14.6. The topological polar surface area (TPSA) is 148 Å². The Labute approximate surface area is 226 Å². The molecular weight excluding hydrogens is 520 g/mol. The van der Waals surface area contributed by atoms with Crippen LogP contribution in [0.15, 0.2) is 55.0 Å². The van der Waals surface area contributed by atoms with Gasteiger partial charge in [0.05, 0.1) is 37.0 Å². The van der Waals surface area contributed by atoms with Gasteiger partial charge in [0, 0.05) is 43.0 Å². The van der Waals surface area contributed by atoms with Crippen LogP contribution in [-0.4, -0.2) is 58.6 Å². The summed E-state index contributed by atoms with van der Waals surface area (Å²) in [7, 11) is -3.38. The average molecular weight is 551 g/mol. The van der Waals surface area contributed by atoms with Crippen molar-refractivity contribution in [3.8, 4) is 5.75 Å². The fraction of sp³-hybridized carbons (Fsp3) is 0.333. The highest BCUT2D eigenvalue weighted by Gasteiger charge is 2.22. The van der Waals surface area contributed by atoms with E-state index < -0.39 is 22.0 Å². The van der Waals surface area contributed by atoms with Crippen molar-refractivity contribution >= 4 is 32.7 Å². The molecule has 3 N–H and O–H groups in total. The number of fused-ring (bicyclic) bond motifs is 2. The molecule has 0 radical (unpaired) electrons. The molecule has 1 unspecified atom stereocenters.